The quantitative estimate of drug-likeness (QED) is 0.657. The molecule has 2 amide bonds. The minimum Gasteiger partial charge on any atom is -0.326 e. The molecule has 4 nitrogen and oxygen atoms in total. The molecule has 0 spiro atoms. The van der Waals surface area contributed by atoms with Gasteiger partial charge in [0.15, 0.2) is 0 Å². The van der Waals surface area contributed by atoms with Gasteiger partial charge in [0.1, 0.15) is 12.2 Å². The Hall–Kier alpha value is -2.90. The molecule has 2 N–H and O–H groups in total. The molecule has 0 aliphatic carbocycles. The van der Waals surface area contributed by atoms with E-state index >= 15 is 0 Å². The second kappa shape index (κ2) is 7.12. The maximum atomic E-state index is 12.8. The smallest absolute Gasteiger partial charge is 0.326 e. The van der Waals surface area contributed by atoms with E-state index in [2.05, 4.69) is 10.6 Å². The van der Waals surface area contributed by atoms with Gasteiger partial charge in [-0.15, -0.1) is 0 Å². The summed E-state index contributed by atoms with van der Waals surface area (Å²) < 4.78 is 51.2. The van der Waals surface area contributed by atoms with Gasteiger partial charge in [-0.1, -0.05) is 12.1 Å². The maximum absolute atomic E-state index is 12.8. The van der Waals surface area contributed by atoms with Crippen LogP contribution in [0.5, 0.6) is 0 Å². The molecule has 0 heterocycles. The SMILES string of the molecule is O=C(CC(=O)Nc1ccccc1C(F)(F)F)Nc1ccc(F)cc1. The zero-order valence-electron chi connectivity index (χ0n) is 12.2. The van der Waals surface area contributed by atoms with Gasteiger partial charge in [-0.3, -0.25) is 9.59 Å². The van der Waals surface area contributed by atoms with Crippen LogP contribution in [0, 0.1) is 5.82 Å². The number of rotatable bonds is 4. The van der Waals surface area contributed by atoms with Gasteiger partial charge >= 0.3 is 6.18 Å². The van der Waals surface area contributed by atoms with E-state index in [1.165, 1.54) is 24.3 Å². The third-order valence-electron chi connectivity index (χ3n) is 2.96. The van der Waals surface area contributed by atoms with Gasteiger partial charge in [-0.2, -0.15) is 13.2 Å². The van der Waals surface area contributed by atoms with Gasteiger partial charge < -0.3 is 10.6 Å². The molecule has 2 aromatic rings. The molecular formula is C16H12F4N2O2. The van der Waals surface area contributed by atoms with Crippen LogP contribution in [-0.2, 0) is 15.8 Å². The molecule has 0 saturated carbocycles. The van der Waals surface area contributed by atoms with Gasteiger partial charge in [0.25, 0.3) is 0 Å². The zero-order chi connectivity index (χ0) is 17.7. The number of alkyl halides is 3. The Morgan fingerprint density at radius 3 is 2.08 bits per heavy atom. The number of hydrogen-bond donors (Lipinski definition) is 2. The summed E-state index contributed by atoms with van der Waals surface area (Å²) in [4.78, 5) is 23.4. The molecule has 0 aliphatic heterocycles. The monoisotopic (exact) mass is 340 g/mol. The molecule has 0 bridgehead atoms. The molecule has 0 aromatic heterocycles. The molecule has 0 atom stereocenters. The first-order valence-corrected chi connectivity index (χ1v) is 6.77. The fourth-order valence-corrected chi connectivity index (χ4v) is 1.92. The highest BCUT2D eigenvalue weighted by Crippen LogP contribution is 2.34. The van der Waals surface area contributed by atoms with Crippen molar-refractivity contribution in [3.8, 4) is 0 Å². The Bertz CT molecular complexity index is 742. The molecule has 24 heavy (non-hydrogen) atoms. The second-order valence-electron chi connectivity index (χ2n) is 4.82. The number of hydrogen-bond acceptors (Lipinski definition) is 2. The van der Waals surface area contributed by atoms with Crippen LogP contribution in [0.1, 0.15) is 12.0 Å². The van der Waals surface area contributed by atoms with E-state index in [0.717, 1.165) is 24.3 Å². The molecular weight excluding hydrogens is 328 g/mol. The van der Waals surface area contributed by atoms with E-state index in [0.29, 0.717) is 0 Å². The standard InChI is InChI=1S/C16H12F4N2O2/c17-10-5-7-11(8-6-10)21-14(23)9-15(24)22-13-4-2-1-3-12(13)16(18,19)20/h1-8H,9H2,(H,21,23)(H,22,24). The van der Waals surface area contributed by atoms with Crippen molar-refractivity contribution in [2.75, 3.05) is 10.6 Å². The highest BCUT2D eigenvalue weighted by Gasteiger charge is 2.33. The number of carbonyl (C=O) groups is 2. The lowest BCUT2D eigenvalue weighted by Crippen LogP contribution is -2.22. The summed E-state index contributed by atoms with van der Waals surface area (Å²) in [7, 11) is 0. The van der Waals surface area contributed by atoms with E-state index in [4.69, 9.17) is 0 Å². The number of amides is 2. The van der Waals surface area contributed by atoms with Crippen molar-refractivity contribution < 1.29 is 27.2 Å². The van der Waals surface area contributed by atoms with Crippen LogP contribution >= 0.6 is 0 Å². The largest absolute Gasteiger partial charge is 0.418 e. The summed E-state index contributed by atoms with van der Waals surface area (Å²) in [6, 6.07) is 9.29. The average molecular weight is 340 g/mol. The molecule has 8 heteroatoms. The summed E-state index contributed by atoms with van der Waals surface area (Å²) in [5, 5.41) is 4.41. The Balaban J connectivity index is 1.98. The molecule has 2 rings (SSSR count). The number of para-hydroxylation sites is 1. The van der Waals surface area contributed by atoms with Crippen LogP contribution in [0.2, 0.25) is 0 Å². The topological polar surface area (TPSA) is 58.2 Å². The lowest BCUT2D eigenvalue weighted by molar-refractivity contribution is -0.137. The summed E-state index contributed by atoms with van der Waals surface area (Å²) >= 11 is 0. The van der Waals surface area contributed by atoms with E-state index in [1.807, 2.05) is 0 Å². The average Bonchev–Trinajstić information content (AvgIpc) is 2.49. The van der Waals surface area contributed by atoms with E-state index < -0.39 is 41.5 Å². The van der Waals surface area contributed by atoms with Crippen molar-refractivity contribution in [1.82, 2.24) is 0 Å². The molecule has 2 aromatic carbocycles. The predicted octanol–water partition coefficient (Wildman–Crippen LogP) is 3.81. The fourth-order valence-electron chi connectivity index (χ4n) is 1.92. The molecule has 0 aliphatic rings. The van der Waals surface area contributed by atoms with Crippen molar-refractivity contribution >= 4 is 23.2 Å². The predicted molar refractivity (Wildman–Crippen MR) is 79.7 cm³/mol. The number of anilines is 2. The van der Waals surface area contributed by atoms with Crippen LogP contribution < -0.4 is 10.6 Å². The van der Waals surface area contributed by atoms with Crippen molar-refractivity contribution in [3.63, 3.8) is 0 Å². The Morgan fingerprint density at radius 2 is 1.46 bits per heavy atom. The Kier molecular flexibility index (Phi) is 5.18. The minimum atomic E-state index is -4.62. The molecule has 0 fully saturated rings. The number of nitrogens with one attached hydrogen (secondary N) is 2. The van der Waals surface area contributed by atoms with Gasteiger partial charge in [-0.05, 0) is 36.4 Å². The van der Waals surface area contributed by atoms with E-state index in [-0.39, 0.29) is 5.69 Å². The lowest BCUT2D eigenvalue weighted by Gasteiger charge is -2.13. The van der Waals surface area contributed by atoms with Gasteiger partial charge in [-0.25, -0.2) is 4.39 Å². The summed E-state index contributed by atoms with van der Waals surface area (Å²) in [6.07, 6.45) is -5.30. The summed E-state index contributed by atoms with van der Waals surface area (Å²) in [5.41, 5.74) is -1.16. The minimum absolute atomic E-state index is 0.268. The third-order valence-corrected chi connectivity index (χ3v) is 2.96. The summed E-state index contributed by atoms with van der Waals surface area (Å²) in [6.45, 7) is 0. The van der Waals surface area contributed by atoms with Crippen LogP contribution in [-0.4, -0.2) is 11.8 Å². The highest BCUT2D eigenvalue weighted by molar-refractivity contribution is 6.08. The first-order chi connectivity index (χ1) is 11.3. The lowest BCUT2D eigenvalue weighted by atomic mass is 10.1. The number of carbonyl (C=O) groups excluding carboxylic acids is 2. The van der Waals surface area contributed by atoms with Crippen LogP contribution in [0.25, 0.3) is 0 Å². The van der Waals surface area contributed by atoms with Gasteiger partial charge in [0.2, 0.25) is 11.8 Å². The normalized spacial score (nSPS) is 11.0. The second-order valence-corrected chi connectivity index (χ2v) is 4.82. The van der Waals surface area contributed by atoms with Crippen molar-refractivity contribution in [2.45, 2.75) is 12.6 Å². The third kappa shape index (κ3) is 4.80. The van der Waals surface area contributed by atoms with Gasteiger partial charge in [0.05, 0.1) is 11.3 Å². The zero-order valence-corrected chi connectivity index (χ0v) is 12.2. The Morgan fingerprint density at radius 1 is 0.875 bits per heavy atom. The molecule has 0 radical (unpaired) electrons. The first kappa shape index (κ1) is 17.5. The molecule has 0 unspecified atom stereocenters. The maximum Gasteiger partial charge on any atom is 0.418 e. The molecule has 126 valence electrons. The Labute approximate surface area is 134 Å². The van der Waals surface area contributed by atoms with Crippen molar-refractivity contribution in [2.24, 2.45) is 0 Å². The fraction of sp³-hybridized carbons (Fsp3) is 0.125. The van der Waals surface area contributed by atoms with Crippen LogP contribution in [0.15, 0.2) is 48.5 Å². The first-order valence-electron chi connectivity index (χ1n) is 6.77. The van der Waals surface area contributed by atoms with Crippen molar-refractivity contribution in [3.05, 3.63) is 59.9 Å². The highest BCUT2D eigenvalue weighted by atomic mass is 19.4. The molecule has 0 saturated heterocycles. The van der Waals surface area contributed by atoms with Crippen molar-refractivity contribution in [1.29, 1.82) is 0 Å². The van der Waals surface area contributed by atoms with E-state index in [9.17, 15) is 27.2 Å². The van der Waals surface area contributed by atoms with Gasteiger partial charge in [0, 0.05) is 5.69 Å². The van der Waals surface area contributed by atoms with Crippen LogP contribution in [0.4, 0.5) is 28.9 Å². The number of halogens is 4. The van der Waals surface area contributed by atoms with Crippen LogP contribution in [0.3, 0.4) is 0 Å². The summed E-state index contributed by atoms with van der Waals surface area (Å²) in [5.74, 6) is -2.12. The number of benzene rings is 2. The van der Waals surface area contributed by atoms with E-state index in [1.54, 1.807) is 0 Å².